The summed E-state index contributed by atoms with van der Waals surface area (Å²) in [4.78, 5) is 0. The zero-order valence-electron chi connectivity index (χ0n) is 9.85. The van der Waals surface area contributed by atoms with Crippen LogP contribution in [0.5, 0.6) is 0 Å². The summed E-state index contributed by atoms with van der Waals surface area (Å²) < 4.78 is 0. The molecule has 0 aromatic carbocycles. The van der Waals surface area contributed by atoms with Gasteiger partial charge in [0.2, 0.25) is 0 Å². The first kappa shape index (κ1) is 20.0. The molecule has 0 aliphatic heterocycles. The van der Waals surface area contributed by atoms with Gasteiger partial charge in [0, 0.05) is 0 Å². The average molecular weight is 212 g/mol. The van der Waals surface area contributed by atoms with Gasteiger partial charge in [-0.05, 0) is 38.0 Å². The maximum Gasteiger partial charge on any atom is -0.0123 e. The lowest BCUT2D eigenvalue weighted by Crippen LogP contribution is -2.19. The van der Waals surface area contributed by atoms with E-state index in [0.717, 1.165) is 0 Å². The van der Waals surface area contributed by atoms with Crippen molar-refractivity contribution in [3.8, 4) is 0 Å². The molecule has 0 aliphatic carbocycles. The average Bonchev–Trinajstić information content (AvgIpc) is 2.03. The van der Waals surface area contributed by atoms with Crippen LogP contribution >= 0.6 is 0 Å². The molecule has 0 saturated heterocycles. The van der Waals surface area contributed by atoms with Crippen LogP contribution in [0.4, 0.5) is 0 Å². The third-order valence-electron chi connectivity index (χ3n) is 3.02. The Morgan fingerprint density at radius 2 is 1.73 bits per heavy atom. The first-order valence-corrected chi connectivity index (χ1v) is 5.19. The minimum absolute atomic E-state index is 0. The molecule has 0 radical (unpaired) electrons. The lowest BCUT2D eigenvalue weighted by molar-refractivity contribution is 0.278. The van der Waals surface area contributed by atoms with Crippen molar-refractivity contribution in [3.63, 3.8) is 0 Å². The standard InChI is InChI=1S/C13H24.2CH4/c1-7-13(6,12(4)5)10-8-9-11(2)3;;/h7,9,12H,1,8,10H2,2-6H3;2*1H4. The SMILES string of the molecule is C.C.C=CC(C)(CCC=C(C)C)C(C)C. The van der Waals surface area contributed by atoms with E-state index in [-0.39, 0.29) is 14.9 Å². The van der Waals surface area contributed by atoms with Crippen molar-refractivity contribution in [3.05, 3.63) is 24.3 Å². The molecular formula is C15H32. The predicted molar refractivity (Wildman–Crippen MR) is 75.3 cm³/mol. The van der Waals surface area contributed by atoms with Gasteiger partial charge in [-0.2, -0.15) is 0 Å². The van der Waals surface area contributed by atoms with E-state index in [4.69, 9.17) is 0 Å². The molecule has 0 spiro atoms. The van der Waals surface area contributed by atoms with E-state index in [0.29, 0.717) is 11.3 Å². The quantitative estimate of drug-likeness (QED) is 0.501. The van der Waals surface area contributed by atoms with Gasteiger partial charge < -0.3 is 0 Å². The summed E-state index contributed by atoms with van der Waals surface area (Å²) in [5, 5.41) is 0. The molecule has 0 fully saturated rings. The first-order chi connectivity index (χ1) is 5.92. The molecule has 1 unspecified atom stereocenters. The summed E-state index contributed by atoms with van der Waals surface area (Å²) in [5.74, 6) is 0.676. The number of allylic oxidation sites excluding steroid dienone is 3. The van der Waals surface area contributed by atoms with E-state index in [1.807, 2.05) is 0 Å². The largest absolute Gasteiger partial charge is 0.103 e. The maximum atomic E-state index is 3.93. The highest BCUT2D eigenvalue weighted by molar-refractivity contribution is 4.98. The van der Waals surface area contributed by atoms with Crippen molar-refractivity contribution >= 4 is 0 Å². The predicted octanol–water partition coefficient (Wildman–Crippen LogP) is 5.85. The molecule has 0 N–H and O–H groups in total. The maximum absolute atomic E-state index is 3.93. The van der Waals surface area contributed by atoms with Crippen LogP contribution in [0.3, 0.4) is 0 Å². The molecular weight excluding hydrogens is 180 g/mol. The summed E-state index contributed by atoms with van der Waals surface area (Å²) in [5.41, 5.74) is 1.71. The molecule has 0 nitrogen and oxygen atoms in total. The van der Waals surface area contributed by atoms with Crippen molar-refractivity contribution in [2.75, 3.05) is 0 Å². The third-order valence-corrected chi connectivity index (χ3v) is 3.02. The fraction of sp³-hybridized carbons (Fsp3) is 0.733. The second kappa shape index (κ2) is 8.76. The first-order valence-electron chi connectivity index (χ1n) is 5.19. The van der Waals surface area contributed by atoms with Crippen LogP contribution in [0.2, 0.25) is 0 Å². The Morgan fingerprint density at radius 3 is 2.00 bits per heavy atom. The molecule has 0 aromatic rings. The molecule has 0 saturated carbocycles. The van der Waals surface area contributed by atoms with Crippen LogP contribution in [-0.4, -0.2) is 0 Å². The topological polar surface area (TPSA) is 0 Å². The number of hydrogen-bond donors (Lipinski definition) is 0. The van der Waals surface area contributed by atoms with Crippen molar-refractivity contribution < 1.29 is 0 Å². The van der Waals surface area contributed by atoms with E-state index < -0.39 is 0 Å². The van der Waals surface area contributed by atoms with Gasteiger partial charge >= 0.3 is 0 Å². The Kier molecular flexibility index (Phi) is 11.7. The van der Waals surface area contributed by atoms with E-state index in [1.54, 1.807) is 0 Å². The highest BCUT2D eigenvalue weighted by Crippen LogP contribution is 2.33. The van der Waals surface area contributed by atoms with Crippen molar-refractivity contribution in [2.45, 2.75) is 62.3 Å². The Balaban J connectivity index is -0.000000720. The molecule has 1 atom stereocenters. The Bertz CT molecular complexity index is 182. The smallest absolute Gasteiger partial charge is 0.0123 e. The summed E-state index contributed by atoms with van der Waals surface area (Å²) in [6.07, 6.45) is 6.79. The fourth-order valence-electron chi connectivity index (χ4n) is 1.30. The Hall–Kier alpha value is -0.520. The van der Waals surface area contributed by atoms with Crippen LogP contribution in [0.15, 0.2) is 24.3 Å². The van der Waals surface area contributed by atoms with E-state index in [1.165, 1.54) is 18.4 Å². The molecule has 0 bridgehead atoms. The van der Waals surface area contributed by atoms with Gasteiger partial charge in [-0.3, -0.25) is 0 Å². The second-order valence-electron chi connectivity index (χ2n) is 4.68. The van der Waals surface area contributed by atoms with Gasteiger partial charge in [0.25, 0.3) is 0 Å². The molecule has 0 aromatic heterocycles. The fourth-order valence-corrected chi connectivity index (χ4v) is 1.30. The Morgan fingerprint density at radius 1 is 1.27 bits per heavy atom. The molecule has 0 heteroatoms. The highest BCUT2D eigenvalue weighted by atomic mass is 14.3. The normalized spacial score (nSPS) is 13.2. The van der Waals surface area contributed by atoms with Crippen LogP contribution in [0.25, 0.3) is 0 Å². The van der Waals surface area contributed by atoms with Gasteiger partial charge in [0.1, 0.15) is 0 Å². The van der Waals surface area contributed by atoms with Gasteiger partial charge in [0.05, 0.1) is 0 Å². The molecule has 0 rings (SSSR count). The molecule has 15 heavy (non-hydrogen) atoms. The van der Waals surface area contributed by atoms with Crippen molar-refractivity contribution in [2.24, 2.45) is 11.3 Å². The van der Waals surface area contributed by atoms with E-state index >= 15 is 0 Å². The van der Waals surface area contributed by atoms with Crippen molar-refractivity contribution in [1.29, 1.82) is 0 Å². The highest BCUT2D eigenvalue weighted by Gasteiger charge is 2.23. The lowest BCUT2D eigenvalue weighted by Gasteiger charge is -2.29. The number of rotatable bonds is 5. The van der Waals surface area contributed by atoms with Gasteiger partial charge in [-0.1, -0.05) is 53.3 Å². The van der Waals surface area contributed by atoms with Gasteiger partial charge in [0.15, 0.2) is 0 Å². The second-order valence-corrected chi connectivity index (χ2v) is 4.68. The Labute approximate surface area is 98.5 Å². The van der Waals surface area contributed by atoms with Crippen LogP contribution in [0.1, 0.15) is 62.3 Å². The molecule has 0 amide bonds. The summed E-state index contributed by atoms with van der Waals surface area (Å²) in [6.45, 7) is 15.1. The third kappa shape index (κ3) is 7.41. The summed E-state index contributed by atoms with van der Waals surface area (Å²) in [6, 6.07) is 0. The minimum Gasteiger partial charge on any atom is -0.103 e. The van der Waals surface area contributed by atoms with Crippen LogP contribution in [0, 0.1) is 11.3 Å². The zero-order chi connectivity index (χ0) is 10.5. The number of hydrogen-bond acceptors (Lipinski definition) is 0. The summed E-state index contributed by atoms with van der Waals surface area (Å²) >= 11 is 0. The monoisotopic (exact) mass is 212 g/mol. The minimum atomic E-state index is 0. The van der Waals surface area contributed by atoms with E-state index in [2.05, 4.69) is 53.3 Å². The van der Waals surface area contributed by atoms with E-state index in [9.17, 15) is 0 Å². The molecule has 0 heterocycles. The molecule has 0 aliphatic rings. The molecule has 92 valence electrons. The van der Waals surface area contributed by atoms with Crippen LogP contribution in [-0.2, 0) is 0 Å². The van der Waals surface area contributed by atoms with Gasteiger partial charge in [-0.25, -0.2) is 0 Å². The van der Waals surface area contributed by atoms with Gasteiger partial charge in [-0.15, -0.1) is 6.58 Å². The lowest BCUT2D eigenvalue weighted by atomic mass is 9.75. The van der Waals surface area contributed by atoms with Crippen molar-refractivity contribution in [1.82, 2.24) is 0 Å². The summed E-state index contributed by atoms with van der Waals surface area (Å²) in [7, 11) is 0. The van der Waals surface area contributed by atoms with Crippen LogP contribution < -0.4 is 0 Å². The zero-order valence-corrected chi connectivity index (χ0v) is 9.85.